The van der Waals surface area contributed by atoms with E-state index in [0.717, 1.165) is 17.3 Å². The lowest BCUT2D eigenvalue weighted by atomic mass is 10.0. The van der Waals surface area contributed by atoms with Crippen molar-refractivity contribution >= 4 is 39.2 Å². The Morgan fingerprint density at radius 3 is 2.53 bits per heavy atom. The monoisotopic (exact) mass is 472 g/mol. The molecule has 9 heteroatoms. The molecule has 3 aromatic rings. The van der Waals surface area contributed by atoms with Gasteiger partial charge >= 0.3 is 0 Å². The first-order valence-corrected chi connectivity index (χ1v) is 11.8. The Kier molecular flexibility index (Phi) is 9.70. The van der Waals surface area contributed by atoms with Crippen LogP contribution in [-0.2, 0) is 4.79 Å². The zero-order chi connectivity index (χ0) is 23.7. The van der Waals surface area contributed by atoms with Gasteiger partial charge in [-0.2, -0.15) is 0 Å². The van der Waals surface area contributed by atoms with Gasteiger partial charge in [0.25, 0.3) is 5.56 Å². The Bertz CT molecular complexity index is 1150. The molecule has 1 atom stereocenters. The Morgan fingerprint density at radius 1 is 1.34 bits per heavy atom. The van der Waals surface area contributed by atoms with E-state index in [9.17, 15) is 9.59 Å². The van der Waals surface area contributed by atoms with Crippen molar-refractivity contribution in [1.29, 1.82) is 0 Å². The summed E-state index contributed by atoms with van der Waals surface area (Å²) in [6, 6.07) is 7.11. The number of thiophene rings is 1. The summed E-state index contributed by atoms with van der Waals surface area (Å²) in [5, 5.41) is 2.93. The molecule has 3 rings (SSSR count). The highest BCUT2D eigenvalue weighted by atomic mass is 32.2. The summed E-state index contributed by atoms with van der Waals surface area (Å²) >= 11 is 2.56. The number of carbonyl (C=O) groups excluding carboxylic acids is 1. The summed E-state index contributed by atoms with van der Waals surface area (Å²) in [5.41, 5.74) is 3.44. The molecule has 0 radical (unpaired) electrons. The largest absolute Gasteiger partial charge is 0.497 e. The molecule has 2 aromatic heterocycles. The van der Waals surface area contributed by atoms with Crippen LogP contribution in [0.5, 0.6) is 5.75 Å². The molecule has 0 fully saturated rings. The Morgan fingerprint density at radius 2 is 2.00 bits per heavy atom. The minimum absolute atomic E-state index is 0.0223. The summed E-state index contributed by atoms with van der Waals surface area (Å²) in [4.78, 5) is 30.3. The van der Waals surface area contributed by atoms with Crippen molar-refractivity contribution in [2.75, 3.05) is 12.9 Å². The molecule has 0 aliphatic heterocycles. The second-order valence-corrected chi connectivity index (χ2v) is 8.45. The zero-order valence-corrected chi connectivity index (χ0v) is 20.3. The van der Waals surface area contributed by atoms with E-state index in [-0.39, 0.29) is 23.1 Å². The van der Waals surface area contributed by atoms with Gasteiger partial charge < -0.3 is 4.74 Å². The second-order valence-electron chi connectivity index (χ2n) is 6.65. The SMILES string of the molecule is C/C=C\C.C=CC(C)c1csc2nc(SCC(=O)NN)n(-c3ccc(OC)cc3)c(=O)c12. The summed E-state index contributed by atoms with van der Waals surface area (Å²) in [7, 11) is 1.58. The molecule has 1 amide bonds. The fourth-order valence-electron chi connectivity index (χ4n) is 2.68. The van der Waals surface area contributed by atoms with E-state index in [1.807, 2.05) is 38.3 Å². The number of thioether (sulfide) groups is 1. The van der Waals surface area contributed by atoms with E-state index in [1.165, 1.54) is 15.9 Å². The van der Waals surface area contributed by atoms with Gasteiger partial charge in [0.15, 0.2) is 5.16 Å². The third-order valence-electron chi connectivity index (χ3n) is 4.61. The molecule has 1 aromatic carbocycles. The van der Waals surface area contributed by atoms with Gasteiger partial charge in [0, 0.05) is 5.92 Å². The van der Waals surface area contributed by atoms with Crippen molar-refractivity contribution in [1.82, 2.24) is 15.0 Å². The Hall–Kier alpha value is -2.88. The lowest BCUT2D eigenvalue weighted by molar-refractivity contribution is -0.118. The molecule has 0 saturated carbocycles. The average molecular weight is 473 g/mol. The smallest absolute Gasteiger partial charge is 0.267 e. The first-order valence-electron chi connectivity index (χ1n) is 9.92. The maximum absolute atomic E-state index is 13.4. The fourth-order valence-corrected chi connectivity index (χ4v) is 4.59. The van der Waals surface area contributed by atoms with Crippen LogP contribution >= 0.6 is 23.1 Å². The van der Waals surface area contributed by atoms with Crippen LogP contribution in [0, 0.1) is 0 Å². The lowest BCUT2D eigenvalue weighted by Gasteiger charge is -2.13. The number of carbonyl (C=O) groups is 1. The van der Waals surface area contributed by atoms with Gasteiger partial charge in [-0.25, -0.2) is 10.8 Å². The first-order chi connectivity index (χ1) is 15.4. The summed E-state index contributed by atoms with van der Waals surface area (Å²) in [5.74, 6) is 5.56. The van der Waals surface area contributed by atoms with Crippen molar-refractivity contribution in [2.24, 2.45) is 5.84 Å². The quantitative estimate of drug-likeness (QED) is 0.132. The number of allylic oxidation sites excluding steroid dienone is 3. The van der Waals surface area contributed by atoms with Gasteiger partial charge in [-0.05, 0) is 49.1 Å². The topological polar surface area (TPSA) is 99.2 Å². The van der Waals surface area contributed by atoms with Gasteiger partial charge in [-0.3, -0.25) is 19.6 Å². The molecule has 1 unspecified atom stereocenters. The van der Waals surface area contributed by atoms with Crippen LogP contribution in [0.2, 0.25) is 0 Å². The number of hydrazine groups is 1. The second kappa shape index (κ2) is 12.2. The molecule has 3 N–H and O–H groups in total. The highest BCUT2D eigenvalue weighted by molar-refractivity contribution is 7.99. The number of nitrogens with zero attached hydrogens (tertiary/aromatic N) is 2. The predicted molar refractivity (Wildman–Crippen MR) is 134 cm³/mol. The number of ether oxygens (including phenoxy) is 1. The number of aromatic nitrogens is 2. The number of nitrogens with two attached hydrogens (primary N) is 1. The number of fused-ring (bicyclic) bond motifs is 1. The maximum Gasteiger partial charge on any atom is 0.267 e. The fraction of sp³-hybridized carbons (Fsp3) is 0.261. The predicted octanol–water partition coefficient (Wildman–Crippen LogP) is 4.41. The molecule has 170 valence electrons. The number of rotatable bonds is 7. The van der Waals surface area contributed by atoms with E-state index in [2.05, 4.69) is 17.0 Å². The van der Waals surface area contributed by atoms with Crippen molar-refractivity contribution < 1.29 is 9.53 Å². The standard InChI is InChI=1S/C19H20N4O3S2.C4H8/c1-4-11(2)14-9-27-17-16(14)18(25)23(12-5-7-13(26-3)8-6-12)19(21-17)28-10-15(24)22-20;1-3-4-2/h4-9,11H,1,10,20H2,2-3H3,(H,22,24);3-4H,1-2H3/b;4-3-. The molecule has 0 spiro atoms. The number of benzene rings is 1. The zero-order valence-electron chi connectivity index (χ0n) is 18.6. The summed E-state index contributed by atoms with van der Waals surface area (Å²) < 4.78 is 6.71. The van der Waals surface area contributed by atoms with Gasteiger partial charge in [0.2, 0.25) is 5.91 Å². The number of amides is 1. The van der Waals surface area contributed by atoms with Gasteiger partial charge in [-0.1, -0.05) is 36.9 Å². The highest BCUT2D eigenvalue weighted by Crippen LogP contribution is 2.31. The van der Waals surface area contributed by atoms with Crippen LogP contribution in [0.1, 0.15) is 32.3 Å². The van der Waals surface area contributed by atoms with Crippen LogP contribution in [0.25, 0.3) is 15.9 Å². The minimum Gasteiger partial charge on any atom is -0.497 e. The molecule has 2 heterocycles. The molecule has 0 saturated heterocycles. The first kappa shape index (κ1) is 25.4. The van der Waals surface area contributed by atoms with Crippen LogP contribution in [-0.4, -0.2) is 28.3 Å². The van der Waals surface area contributed by atoms with Gasteiger partial charge in [0.05, 0.1) is 23.9 Å². The molecule has 0 aliphatic rings. The normalized spacial score (nSPS) is 11.7. The van der Waals surface area contributed by atoms with Crippen molar-refractivity contribution in [3.63, 3.8) is 0 Å². The van der Waals surface area contributed by atoms with E-state index >= 15 is 0 Å². The highest BCUT2D eigenvalue weighted by Gasteiger charge is 2.20. The lowest BCUT2D eigenvalue weighted by Crippen LogP contribution is -2.32. The molecule has 7 nitrogen and oxygen atoms in total. The Balaban J connectivity index is 0.000000837. The van der Waals surface area contributed by atoms with Crippen LogP contribution in [0.3, 0.4) is 0 Å². The van der Waals surface area contributed by atoms with Gasteiger partial charge in [-0.15, -0.1) is 17.9 Å². The number of nitrogens with one attached hydrogen (secondary N) is 1. The summed E-state index contributed by atoms with van der Waals surface area (Å²) in [6.45, 7) is 9.82. The van der Waals surface area contributed by atoms with E-state index in [4.69, 9.17) is 10.6 Å². The Labute approximate surface area is 196 Å². The molecule has 32 heavy (non-hydrogen) atoms. The van der Waals surface area contributed by atoms with Crippen LogP contribution in [0.15, 0.2) is 64.4 Å². The number of hydrogen-bond acceptors (Lipinski definition) is 7. The minimum atomic E-state index is -0.354. The van der Waals surface area contributed by atoms with Crippen LogP contribution < -0.4 is 21.6 Å². The van der Waals surface area contributed by atoms with Crippen molar-refractivity contribution in [2.45, 2.75) is 31.8 Å². The molecular weight excluding hydrogens is 444 g/mol. The van der Waals surface area contributed by atoms with Crippen LogP contribution in [0.4, 0.5) is 0 Å². The number of hydrogen-bond donors (Lipinski definition) is 2. The van der Waals surface area contributed by atoms with Crippen molar-refractivity contribution in [3.05, 3.63) is 70.4 Å². The third-order valence-corrected chi connectivity index (χ3v) is 6.44. The van der Waals surface area contributed by atoms with E-state index < -0.39 is 0 Å². The van der Waals surface area contributed by atoms with Crippen molar-refractivity contribution in [3.8, 4) is 11.4 Å². The molecular formula is C23H28N4O3S2. The molecule has 0 bridgehead atoms. The maximum atomic E-state index is 13.4. The number of methoxy groups -OCH3 is 1. The third kappa shape index (κ3) is 5.87. The van der Waals surface area contributed by atoms with E-state index in [0.29, 0.717) is 26.8 Å². The van der Waals surface area contributed by atoms with E-state index in [1.54, 1.807) is 37.5 Å². The molecule has 0 aliphatic carbocycles. The summed E-state index contributed by atoms with van der Waals surface area (Å²) in [6.07, 6.45) is 5.80. The average Bonchev–Trinajstić information content (AvgIpc) is 3.26. The van der Waals surface area contributed by atoms with Gasteiger partial charge in [0.1, 0.15) is 10.6 Å².